The number of ether oxygens (including phenoxy) is 2. The summed E-state index contributed by atoms with van der Waals surface area (Å²) in [4.78, 5) is 12.4. The van der Waals surface area contributed by atoms with E-state index in [0.29, 0.717) is 5.65 Å². The highest BCUT2D eigenvalue weighted by molar-refractivity contribution is 5.79. The van der Waals surface area contributed by atoms with Gasteiger partial charge in [0.25, 0.3) is 0 Å². The van der Waals surface area contributed by atoms with E-state index in [1.54, 1.807) is 0 Å². The SMILES string of the molecule is CC(C)Oc1cccc(-c2nc3ncc(C4=CCCO4)cc3[nH]2)c1. The number of fused-ring (bicyclic) bond motifs is 1. The van der Waals surface area contributed by atoms with E-state index in [1.165, 1.54) is 0 Å². The van der Waals surface area contributed by atoms with E-state index < -0.39 is 0 Å². The summed E-state index contributed by atoms with van der Waals surface area (Å²) in [6, 6.07) is 9.95. The molecule has 1 aliphatic heterocycles. The molecule has 4 rings (SSSR count). The maximum Gasteiger partial charge on any atom is 0.178 e. The van der Waals surface area contributed by atoms with Crippen molar-refractivity contribution < 1.29 is 9.47 Å². The van der Waals surface area contributed by atoms with Crippen molar-refractivity contribution in [2.75, 3.05) is 6.61 Å². The van der Waals surface area contributed by atoms with E-state index in [9.17, 15) is 0 Å². The molecule has 0 radical (unpaired) electrons. The van der Waals surface area contributed by atoms with Gasteiger partial charge >= 0.3 is 0 Å². The molecule has 0 unspecified atom stereocenters. The van der Waals surface area contributed by atoms with Gasteiger partial charge in [0.15, 0.2) is 5.65 Å². The zero-order valence-electron chi connectivity index (χ0n) is 13.7. The molecule has 3 aromatic rings. The first-order valence-electron chi connectivity index (χ1n) is 8.15. The molecule has 3 heterocycles. The molecule has 2 aromatic heterocycles. The van der Waals surface area contributed by atoms with E-state index in [0.717, 1.165) is 47.0 Å². The van der Waals surface area contributed by atoms with E-state index in [2.05, 4.69) is 21.0 Å². The van der Waals surface area contributed by atoms with Crippen LogP contribution in [0.2, 0.25) is 0 Å². The maximum atomic E-state index is 5.76. The average molecular weight is 321 g/mol. The molecule has 0 atom stereocenters. The lowest BCUT2D eigenvalue weighted by Crippen LogP contribution is -2.05. The van der Waals surface area contributed by atoms with Crippen LogP contribution >= 0.6 is 0 Å². The Kier molecular flexibility index (Phi) is 3.69. The lowest BCUT2D eigenvalue weighted by Gasteiger charge is -2.10. The number of nitrogens with zero attached hydrogens (tertiary/aromatic N) is 2. The molecule has 24 heavy (non-hydrogen) atoms. The molecular weight excluding hydrogens is 302 g/mol. The standard InChI is InChI=1S/C19H19N3O2/c1-12(2)24-15-6-3-5-13(9-15)18-21-16-10-14(11-20-19(16)22-18)17-7-4-8-23-17/h3,5-7,9-12H,4,8H2,1-2H3,(H,20,21,22). The van der Waals surface area contributed by atoms with E-state index in [4.69, 9.17) is 9.47 Å². The molecule has 122 valence electrons. The summed E-state index contributed by atoms with van der Waals surface area (Å²) in [6.45, 7) is 4.77. The Morgan fingerprint density at radius 1 is 1.21 bits per heavy atom. The van der Waals surface area contributed by atoms with Crippen LogP contribution in [0.15, 0.2) is 42.6 Å². The number of nitrogens with one attached hydrogen (secondary N) is 1. The number of rotatable bonds is 4. The summed E-state index contributed by atoms with van der Waals surface area (Å²) in [5, 5.41) is 0. The van der Waals surface area contributed by atoms with Crippen LogP contribution in [0.5, 0.6) is 5.75 Å². The summed E-state index contributed by atoms with van der Waals surface area (Å²) in [5.74, 6) is 2.51. The Hall–Kier alpha value is -2.82. The first-order chi connectivity index (χ1) is 11.7. The number of aromatic amines is 1. The second-order valence-corrected chi connectivity index (χ2v) is 6.08. The van der Waals surface area contributed by atoms with Gasteiger partial charge in [0, 0.05) is 23.7 Å². The van der Waals surface area contributed by atoms with Crippen molar-refractivity contribution in [1.82, 2.24) is 15.0 Å². The van der Waals surface area contributed by atoms with Crippen molar-refractivity contribution >= 4 is 16.9 Å². The van der Waals surface area contributed by atoms with Gasteiger partial charge in [-0.25, -0.2) is 9.97 Å². The number of aromatic nitrogens is 3. The zero-order chi connectivity index (χ0) is 16.5. The van der Waals surface area contributed by atoms with Crippen molar-refractivity contribution in [2.24, 2.45) is 0 Å². The summed E-state index contributed by atoms with van der Waals surface area (Å²) >= 11 is 0. The lowest BCUT2D eigenvalue weighted by molar-refractivity contribution is 0.242. The molecule has 0 fully saturated rings. The third-order valence-corrected chi connectivity index (χ3v) is 3.81. The van der Waals surface area contributed by atoms with Crippen molar-refractivity contribution in [1.29, 1.82) is 0 Å². The molecule has 0 amide bonds. The molecular formula is C19H19N3O2. The van der Waals surface area contributed by atoms with Gasteiger partial charge in [-0.3, -0.25) is 0 Å². The fourth-order valence-corrected chi connectivity index (χ4v) is 2.78. The number of imidazole rings is 1. The molecule has 0 aliphatic carbocycles. The monoisotopic (exact) mass is 321 g/mol. The van der Waals surface area contributed by atoms with Gasteiger partial charge in [0.05, 0.1) is 18.2 Å². The Morgan fingerprint density at radius 2 is 2.12 bits per heavy atom. The topological polar surface area (TPSA) is 60.0 Å². The van der Waals surface area contributed by atoms with Crippen molar-refractivity contribution in [3.8, 4) is 17.1 Å². The van der Waals surface area contributed by atoms with Crippen molar-refractivity contribution in [2.45, 2.75) is 26.4 Å². The average Bonchev–Trinajstić information content (AvgIpc) is 3.23. The number of benzene rings is 1. The van der Waals surface area contributed by atoms with Crippen LogP contribution in [0.4, 0.5) is 0 Å². The lowest BCUT2D eigenvalue weighted by atomic mass is 10.2. The van der Waals surface area contributed by atoms with Gasteiger partial charge in [-0.05, 0) is 38.1 Å². The van der Waals surface area contributed by atoms with E-state index in [1.807, 2.05) is 50.4 Å². The van der Waals surface area contributed by atoms with Crippen molar-refractivity contribution in [3.63, 3.8) is 0 Å². The Balaban J connectivity index is 1.70. The number of pyridine rings is 1. The molecule has 1 N–H and O–H groups in total. The second-order valence-electron chi connectivity index (χ2n) is 6.08. The summed E-state index contributed by atoms with van der Waals surface area (Å²) < 4.78 is 11.4. The fraction of sp³-hybridized carbons (Fsp3) is 0.263. The number of hydrogen-bond donors (Lipinski definition) is 1. The predicted octanol–water partition coefficient (Wildman–Crippen LogP) is 4.17. The second kappa shape index (κ2) is 6.00. The van der Waals surface area contributed by atoms with Crippen LogP contribution in [-0.2, 0) is 4.74 Å². The Morgan fingerprint density at radius 3 is 2.92 bits per heavy atom. The molecule has 0 saturated heterocycles. The van der Waals surface area contributed by atoms with Gasteiger partial charge < -0.3 is 14.5 Å². The minimum Gasteiger partial charge on any atom is -0.493 e. The molecule has 0 saturated carbocycles. The third kappa shape index (κ3) is 2.85. The van der Waals surface area contributed by atoms with Gasteiger partial charge in [0.2, 0.25) is 0 Å². The smallest absolute Gasteiger partial charge is 0.178 e. The van der Waals surface area contributed by atoms with Crippen LogP contribution in [0.3, 0.4) is 0 Å². The highest BCUT2D eigenvalue weighted by Gasteiger charge is 2.12. The summed E-state index contributed by atoms with van der Waals surface area (Å²) in [6.07, 6.45) is 4.99. The van der Waals surface area contributed by atoms with Crippen LogP contribution in [0, 0.1) is 0 Å². The minimum absolute atomic E-state index is 0.139. The van der Waals surface area contributed by atoms with Crippen LogP contribution in [-0.4, -0.2) is 27.7 Å². The number of hydrogen-bond acceptors (Lipinski definition) is 4. The first kappa shape index (κ1) is 14.8. The predicted molar refractivity (Wildman–Crippen MR) is 93.6 cm³/mol. The van der Waals surface area contributed by atoms with Gasteiger partial charge in [-0.2, -0.15) is 0 Å². The van der Waals surface area contributed by atoms with E-state index in [-0.39, 0.29) is 6.10 Å². The highest BCUT2D eigenvalue weighted by Crippen LogP contribution is 2.27. The molecule has 0 spiro atoms. The largest absolute Gasteiger partial charge is 0.493 e. The summed E-state index contributed by atoms with van der Waals surface area (Å²) in [5.41, 5.74) is 3.55. The molecule has 0 bridgehead atoms. The van der Waals surface area contributed by atoms with Crippen LogP contribution in [0.1, 0.15) is 25.8 Å². The van der Waals surface area contributed by atoms with Crippen LogP contribution < -0.4 is 4.74 Å². The maximum absolute atomic E-state index is 5.76. The zero-order valence-corrected chi connectivity index (χ0v) is 13.7. The van der Waals surface area contributed by atoms with Gasteiger partial charge in [0.1, 0.15) is 17.3 Å². The highest BCUT2D eigenvalue weighted by atomic mass is 16.5. The van der Waals surface area contributed by atoms with E-state index >= 15 is 0 Å². The molecule has 1 aromatic carbocycles. The fourth-order valence-electron chi connectivity index (χ4n) is 2.78. The Bertz CT molecular complexity index is 912. The first-order valence-corrected chi connectivity index (χ1v) is 8.15. The van der Waals surface area contributed by atoms with Gasteiger partial charge in [-0.15, -0.1) is 0 Å². The molecule has 5 heteroatoms. The van der Waals surface area contributed by atoms with Crippen LogP contribution in [0.25, 0.3) is 28.3 Å². The molecule has 1 aliphatic rings. The molecule has 5 nitrogen and oxygen atoms in total. The Labute approximate surface area is 140 Å². The quantitative estimate of drug-likeness (QED) is 0.783. The third-order valence-electron chi connectivity index (χ3n) is 3.81. The van der Waals surface area contributed by atoms with Crippen molar-refractivity contribution in [3.05, 3.63) is 48.2 Å². The minimum atomic E-state index is 0.139. The normalized spacial score (nSPS) is 14.0. The number of H-pyrrole nitrogens is 1. The van der Waals surface area contributed by atoms with Gasteiger partial charge in [-0.1, -0.05) is 12.1 Å². The summed E-state index contributed by atoms with van der Waals surface area (Å²) in [7, 11) is 0.